The summed E-state index contributed by atoms with van der Waals surface area (Å²) in [5, 5.41) is 7.76. The van der Waals surface area contributed by atoms with E-state index in [0.29, 0.717) is 37.5 Å². The van der Waals surface area contributed by atoms with Crippen molar-refractivity contribution in [3.8, 4) is 0 Å². The molecule has 132 valence electrons. The predicted octanol–water partition coefficient (Wildman–Crippen LogP) is 2.15. The van der Waals surface area contributed by atoms with Gasteiger partial charge >= 0.3 is 0 Å². The topological polar surface area (TPSA) is 67.2 Å². The van der Waals surface area contributed by atoms with Crippen molar-refractivity contribution in [2.75, 3.05) is 6.54 Å². The summed E-state index contributed by atoms with van der Waals surface area (Å²) in [6.07, 6.45) is 2.39. The molecule has 3 rings (SSSR count). The molecule has 0 spiro atoms. The molecular formula is C18H21ClN4O2. The van der Waals surface area contributed by atoms with Crippen molar-refractivity contribution in [3.05, 3.63) is 52.8 Å². The molecule has 1 N–H and O–H groups in total. The van der Waals surface area contributed by atoms with Crippen LogP contribution in [0.4, 0.5) is 0 Å². The lowest BCUT2D eigenvalue weighted by molar-refractivity contribution is -0.128. The van der Waals surface area contributed by atoms with Gasteiger partial charge in [0.2, 0.25) is 11.8 Å². The highest BCUT2D eigenvalue weighted by atomic mass is 35.5. The third-order valence-electron chi connectivity index (χ3n) is 4.38. The minimum absolute atomic E-state index is 0.0353. The van der Waals surface area contributed by atoms with E-state index in [4.69, 9.17) is 11.6 Å². The number of carbonyl (C=O) groups excluding carboxylic acids is 2. The quantitative estimate of drug-likeness (QED) is 0.858. The first kappa shape index (κ1) is 17.5. The van der Waals surface area contributed by atoms with Gasteiger partial charge in [-0.1, -0.05) is 29.8 Å². The Bertz CT molecular complexity index is 774. The monoisotopic (exact) mass is 360 g/mol. The number of nitrogens with one attached hydrogen (secondary N) is 1. The van der Waals surface area contributed by atoms with Crippen LogP contribution in [0.2, 0.25) is 5.02 Å². The Morgan fingerprint density at radius 1 is 1.36 bits per heavy atom. The van der Waals surface area contributed by atoms with Gasteiger partial charge in [0.25, 0.3) is 0 Å². The molecule has 1 aliphatic rings. The van der Waals surface area contributed by atoms with E-state index in [0.717, 1.165) is 11.3 Å². The lowest BCUT2D eigenvalue weighted by atomic mass is 10.2. The van der Waals surface area contributed by atoms with Gasteiger partial charge in [-0.3, -0.25) is 14.3 Å². The van der Waals surface area contributed by atoms with Gasteiger partial charge in [0, 0.05) is 49.4 Å². The second-order valence-electron chi connectivity index (χ2n) is 6.28. The average molecular weight is 361 g/mol. The maximum absolute atomic E-state index is 12.2. The van der Waals surface area contributed by atoms with Crippen LogP contribution in [0.3, 0.4) is 0 Å². The fourth-order valence-electron chi connectivity index (χ4n) is 2.99. The predicted molar refractivity (Wildman–Crippen MR) is 95.0 cm³/mol. The zero-order chi connectivity index (χ0) is 17.8. The van der Waals surface area contributed by atoms with Crippen LogP contribution in [0, 0.1) is 6.92 Å². The van der Waals surface area contributed by atoms with E-state index in [-0.39, 0.29) is 17.9 Å². The number of benzene rings is 1. The number of likely N-dealkylation sites (tertiary alicyclic amines) is 1. The van der Waals surface area contributed by atoms with Crippen LogP contribution in [-0.2, 0) is 22.7 Å². The molecule has 0 radical (unpaired) electrons. The summed E-state index contributed by atoms with van der Waals surface area (Å²) < 4.78 is 1.79. The van der Waals surface area contributed by atoms with Gasteiger partial charge in [0.1, 0.15) is 0 Å². The number of aryl methyl sites for hydroxylation is 2. The van der Waals surface area contributed by atoms with Gasteiger partial charge in [-0.15, -0.1) is 0 Å². The average Bonchev–Trinajstić information content (AvgIpc) is 3.13. The minimum Gasteiger partial charge on any atom is -0.351 e. The molecule has 6 nitrogen and oxygen atoms in total. The molecule has 1 aliphatic heterocycles. The van der Waals surface area contributed by atoms with E-state index in [9.17, 15) is 9.59 Å². The van der Waals surface area contributed by atoms with E-state index >= 15 is 0 Å². The number of nitrogens with zero attached hydrogens (tertiary/aromatic N) is 3. The SMILES string of the molecule is Cc1ccnn1CCC(=O)NC1CC(=O)N(Cc2ccccc2Cl)C1. The van der Waals surface area contributed by atoms with Crippen molar-refractivity contribution in [3.63, 3.8) is 0 Å². The Morgan fingerprint density at radius 3 is 2.88 bits per heavy atom. The zero-order valence-corrected chi connectivity index (χ0v) is 14.9. The first-order valence-electron chi connectivity index (χ1n) is 8.32. The molecule has 2 amide bonds. The number of hydrogen-bond acceptors (Lipinski definition) is 3. The lowest BCUT2D eigenvalue weighted by Crippen LogP contribution is -2.37. The van der Waals surface area contributed by atoms with Gasteiger partial charge < -0.3 is 10.2 Å². The molecule has 1 atom stereocenters. The highest BCUT2D eigenvalue weighted by Gasteiger charge is 2.30. The van der Waals surface area contributed by atoms with E-state index in [2.05, 4.69) is 10.4 Å². The smallest absolute Gasteiger partial charge is 0.225 e. The largest absolute Gasteiger partial charge is 0.351 e. The highest BCUT2D eigenvalue weighted by Crippen LogP contribution is 2.20. The van der Waals surface area contributed by atoms with Crippen molar-refractivity contribution in [2.24, 2.45) is 0 Å². The van der Waals surface area contributed by atoms with E-state index in [1.807, 2.05) is 37.3 Å². The first-order chi connectivity index (χ1) is 12.0. The van der Waals surface area contributed by atoms with Crippen molar-refractivity contribution < 1.29 is 9.59 Å². The standard InChI is InChI=1S/C18H21ClN4O2/c1-13-6-8-20-23(13)9-7-17(24)21-15-10-18(25)22(12-15)11-14-4-2-3-5-16(14)19/h2-6,8,15H,7,9-12H2,1H3,(H,21,24). The molecule has 7 heteroatoms. The number of carbonyl (C=O) groups is 2. The van der Waals surface area contributed by atoms with Crippen LogP contribution >= 0.6 is 11.6 Å². The van der Waals surface area contributed by atoms with Gasteiger partial charge in [0.15, 0.2) is 0 Å². The number of hydrogen-bond donors (Lipinski definition) is 1. The summed E-state index contributed by atoms with van der Waals surface area (Å²) in [6.45, 7) is 3.47. The number of amides is 2. The van der Waals surface area contributed by atoms with Crippen LogP contribution in [0.15, 0.2) is 36.5 Å². The molecule has 1 aromatic carbocycles. The highest BCUT2D eigenvalue weighted by molar-refractivity contribution is 6.31. The molecule has 1 saturated heterocycles. The Labute approximate surface area is 151 Å². The van der Waals surface area contributed by atoms with E-state index in [1.54, 1.807) is 15.8 Å². The molecule has 2 aromatic rings. The van der Waals surface area contributed by atoms with Gasteiger partial charge in [-0.25, -0.2) is 0 Å². The Balaban J connectivity index is 1.49. The van der Waals surface area contributed by atoms with Crippen LogP contribution in [0.1, 0.15) is 24.1 Å². The Kier molecular flexibility index (Phi) is 5.38. The molecule has 0 aliphatic carbocycles. The summed E-state index contributed by atoms with van der Waals surface area (Å²) in [5.41, 5.74) is 1.94. The number of halogens is 1. The van der Waals surface area contributed by atoms with Crippen LogP contribution in [0.5, 0.6) is 0 Å². The number of aromatic nitrogens is 2. The maximum Gasteiger partial charge on any atom is 0.225 e. The first-order valence-corrected chi connectivity index (χ1v) is 8.69. The second kappa shape index (κ2) is 7.70. The van der Waals surface area contributed by atoms with Crippen LogP contribution in [-0.4, -0.2) is 39.1 Å². The Hall–Kier alpha value is -2.34. The summed E-state index contributed by atoms with van der Waals surface area (Å²) >= 11 is 6.16. The van der Waals surface area contributed by atoms with Crippen molar-refractivity contribution in [1.29, 1.82) is 0 Å². The lowest BCUT2D eigenvalue weighted by Gasteiger charge is -2.18. The van der Waals surface area contributed by atoms with E-state index < -0.39 is 0 Å². The van der Waals surface area contributed by atoms with Crippen molar-refractivity contribution in [2.45, 2.75) is 38.9 Å². The molecule has 0 saturated carbocycles. The summed E-state index contributed by atoms with van der Waals surface area (Å²) in [5.74, 6) is -0.0274. The molecule has 1 aromatic heterocycles. The third-order valence-corrected chi connectivity index (χ3v) is 4.75. The molecule has 0 bridgehead atoms. The third kappa shape index (κ3) is 4.39. The summed E-state index contributed by atoms with van der Waals surface area (Å²) in [4.78, 5) is 26.1. The summed E-state index contributed by atoms with van der Waals surface area (Å²) in [6, 6.07) is 9.24. The fourth-order valence-corrected chi connectivity index (χ4v) is 3.19. The molecule has 2 heterocycles. The number of rotatable bonds is 6. The zero-order valence-electron chi connectivity index (χ0n) is 14.1. The van der Waals surface area contributed by atoms with Crippen LogP contribution in [0.25, 0.3) is 0 Å². The van der Waals surface area contributed by atoms with Gasteiger partial charge in [0.05, 0.1) is 6.04 Å². The summed E-state index contributed by atoms with van der Waals surface area (Å²) in [7, 11) is 0. The van der Waals surface area contributed by atoms with Crippen LogP contribution < -0.4 is 5.32 Å². The molecule has 1 unspecified atom stereocenters. The second-order valence-corrected chi connectivity index (χ2v) is 6.69. The van der Waals surface area contributed by atoms with Crippen molar-refractivity contribution >= 4 is 23.4 Å². The molecular weight excluding hydrogens is 340 g/mol. The normalized spacial score (nSPS) is 17.1. The van der Waals surface area contributed by atoms with Gasteiger partial charge in [-0.05, 0) is 24.6 Å². The molecule has 1 fully saturated rings. The minimum atomic E-state index is -0.152. The van der Waals surface area contributed by atoms with Gasteiger partial charge in [-0.2, -0.15) is 5.10 Å². The van der Waals surface area contributed by atoms with E-state index in [1.165, 1.54) is 0 Å². The molecule has 25 heavy (non-hydrogen) atoms. The fraction of sp³-hybridized carbons (Fsp3) is 0.389. The maximum atomic E-state index is 12.2. The Morgan fingerprint density at radius 2 is 2.16 bits per heavy atom. The van der Waals surface area contributed by atoms with Crippen molar-refractivity contribution in [1.82, 2.24) is 20.0 Å².